The van der Waals surface area contributed by atoms with Gasteiger partial charge in [-0.2, -0.15) is 0 Å². The topological polar surface area (TPSA) is 85.3 Å². The van der Waals surface area contributed by atoms with Crippen molar-refractivity contribution in [1.82, 2.24) is 0 Å². The van der Waals surface area contributed by atoms with Crippen molar-refractivity contribution in [3.63, 3.8) is 0 Å². The SMILES string of the molecule is O=Cc1ccc2c(c1)C(=O)c1cc3c(cc1C2=O)C1CC3C2=C1C(=O)c1ccccc1C2=O. The third-order valence-electron chi connectivity index (χ3n) is 7.50. The molecule has 5 heteroatoms. The second-order valence-electron chi connectivity index (χ2n) is 8.98. The highest BCUT2D eigenvalue weighted by Gasteiger charge is 2.51. The second-order valence-corrected chi connectivity index (χ2v) is 8.98. The fourth-order valence-corrected chi connectivity index (χ4v) is 6.07. The number of hydrogen-bond donors (Lipinski definition) is 0. The number of hydrogen-bond acceptors (Lipinski definition) is 5. The number of rotatable bonds is 1. The molecule has 0 radical (unpaired) electrons. The van der Waals surface area contributed by atoms with Crippen LogP contribution in [0.3, 0.4) is 0 Å². The maximum absolute atomic E-state index is 13.3. The van der Waals surface area contributed by atoms with E-state index in [4.69, 9.17) is 0 Å². The Bertz CT molecular complexity index is 1590. The predicted octanol–water partition coefficient (Wildman–Crippen LogP) is 4.23. The molecule has 0 heterocycles. The summed E-state index contributed by atoms with van der Waals surface area (Å²) in [7, 11) is 0. The highest BCUT2D eigenvalue weighted by molar-refractivity contribution is 6.30. The van der Waals surface area contributed by atoms with Gasteiger partial charge in [-0.25, -0.2) is 0 Å². The molecule has 2 unspecified atom stereocenters. The van der Waals surface area contributed by atoms with Gasteiger partial charge in [-0.05, 0) is 41.8 Å². The van der Waals surface area contributed by atoms with Crippen molar-refractivity contribution in [3.05, 3.63) is 116 Å². The summed E-state index contributed by atoms with van der Waals surface area (Å²) in [5.41, 5.74) is 5.07. The van der Waals surface area contributed by atoms with Crippen LogP contribution in [0.1, 0.15) is 92.3 Å². The van der Waals surface area contributed by atoms with Crippen LogP contribution in [0, 0.1) is 0 Å². The van der Waals surface area contributed by atoms with E-state index < -0.39 is 0 Å². The van der Waals surface area contributed by atoms with E-state index in [1.165, 1.54) is 18.2 Å². The van der Waals surface area contributed by atoms with Crippen LogP contribution >= 0.6 is 0 Å². The molecule has 0 fully saturated rings. The zero-order chi connectivity index (χ0) is 22.6. The molecule has 2 bridgehead atoms. The first-order valence-corrected chi connectivity index (χ1v) is 10.8. The summed E-state index contributed by atoms with van der Waals surface area (Å²) in [6.45, 7) is 0. The zero-order valence-electron chi connectivity index (χ0n) is 17.2. The molecule has 0 aliphatic heterocycles. The number of Topliss-reactive ketones (excluding diaryl/α,β-unsaturated/α-hetero) is 2. The van der Waals surface area contributed by atoms with Crippen LogP contribution in [0.2, 0.25) is 0 Å². The van der Waals surface area contributed by atoms with E-state index >= 15 is 0 Å². The van der Waals surface area contributed by atoms with Crippen LogP contribution in [0.25, 0.3) is 0 Å². The van der Waals surface area contributed by atoms with Gasteiger partial charge in [0.15, 0.2) is 23.1 Å². The molecular weight excluding hydrogens is 416 g/mol. The van der Waals surface area contributed by atoms with E-state index in [2.05, 4.69) is 0 Å². The average molecular weight is 430 g/mol. The zero-order valence-corrected chi connectivity index (χ0v) is 17.2. The number of benzene rings is 3. The summed E-state index contributed by atoms with van der Waals surface area (Å²) < 4.78 is 0. The van der Waals surface area contributed by atoms with Crippen molar-refractivity contribution in [3.8, 4) is 0 Å². The highest BCUT2D eigenvalue weighted by Crippen LogP contribution is 2.59. The number of aldehydes is 1. The number of ketones is 4. The third-order valence-corrected chi connectivity index (χ3v) is 7.50. The molecule has 0 aromatic heterocycles. The monoisotopic (exact) mass is 430 g/mol. The standard InChI is InChI=1S/C28H14O5/c29-11-12-5-6-15-20(7-12)26(31)22-9-17-16(8-21(22)25(15)30)18-10-19(17)24-23(18)27(32)13-3-1-2-4-14(13)28(24)33/h1-9,11,18-19H,10H2. The first-order chi connectivity index (χ1) is 16.0. The molecule has 0 saturated heterocycles. The Morgan fingerprint density at radius 2 is 1.06 bits per heavy atom. The molecule has 4 aliphatic rings. The van der Waals surface area contributed by atoms with Gasteiger partial charge in [-0.15, -0.1) is 0 Å². The Balaban J connectivity index is 1.41. The van der Waals surface area contributed by atoms with Crippen LogP contribution in [0.4, 0.5) is 0 Å². The van der Waals surface area contributed by atoms with Gasteiger partial charge >= 0.3 is 0 Å². The molecule has 0 spiro atoms. The van der Waals surface area contributed by atoms with E-state index in [1.54, 1.807) is 36.4 Å². The summed E-state index contributed by atoms with van der Waals surface area (Å²) >= 11 is 0. The van der Waals surface area contributed by atoms with Gasteiger partial charge in [-0.3, -0.25) is 24.0 Å². The molecule has 0 saturated carbocycles. The van der Waals surface area contributed by atoms with E-state index in [0.29, 0.717) is 51.7 Å². The number of carbonyl (C=O) groups excluding carboxylic acids is 5. The van der Waals surface area contributed by atoms with Crippen LogP contribution in [0.5, 0.6) is 0 Å². The smallest absolute Gasteiger partial charge is 0.194 e. The Hall–Kier alpha value is -4.25. The minimum atomic E-state index is -0.306. The van der Waals surface area contributed by atoms with Crippen molar-refractivity contribution in [2.45, 2.75) is 18.3 Å². The van der Waals surface area contributed by atoms with E-state index in [0.717, 1.165) is 11.1 Å². The summed E-state index contributed by atoms with van der Waals surface area (Å²) in [6, 6.07) is 14.8. The number of fused-ring (bicyclic) bond motifs is 10. The Kier molecular flexibility index (Phi) is 3.31. The van der Waals surface area contributed by atoms with Crippen molar-refractivity contribution in [1.29, 1.82) is 0 Å². The average Bonchev–Trinajstić information content (AvgIpc) is 3.42. The van der Waals surface area contributed by atoms with Gasteiger partial charge < -0.3 is 0 Å². The fraction of sp³-hybridized carbons (Fsp3) is 0.107. The minimum Gasteiger partial charge on any atom is -0.298 e. The lowest BCUT2D eigenvalue weighted by atomic mass is 9.73. The van der Waals surface area contributed by atoms with Crippen molar-refractivity contribution >= 4 is 29.4 Å². The molecule has 33 heavy (non-hydrogen) atoms. The predicted molar refractivity (Wildman–Crippen MR) is 117 cm³/mol. The maximum atomic E-state index is 13.3. The van der Waals surface area contributed by atoms with Crippen LogP contribution in [-0.2, 0) is 0 Å². The van der Waals surface area contributed by atoms with Crippen molar-refractivity contribution in [2.75, 3.05) is 0 Å². The van der Waals surface area contributed by atoms with E-state index in [-0.39, 0.29) is 46.1 Å². The molecule has 3 aromatic rings. The molecule has 7 rings (SSSR count). The van der Waals surface area contributed by atoms with Gasteiger partial charge in [-0.1, -0.05) is 30.3 Å². The lowest BCUT2D eigenvalue weighted by Gasteiger charge is -2.28. The van der Waals surface area contributed by atoms with Gasteiger partial charge in [0, 0.05) is 61.9 Å². The fourth-order valence-electron chi connectivity index (χ4n) is 6.07. The van der Waals surface area contributed by atoms with Gasteiger partial charge in [0.05, 0.1) is 0 Å². The summed E-state index contributed by atoms with van der Waals surface area (Å²) in [5, 5.41) is 0. The normalized spacial score (nSPS) is 21.5. The Morgan fingerprint density at radius 3 is 1.61 bits per heavy atom. The third kappa shape index (κ3) is 2.09. The van der Waals surface area contributed by atoms with Crippen LogP contribution < -0.4 is 0 Å². The van der Waals surface area contributed by atoms with Crippen LogP contribution in [0.15, 0.2) is 65.7 Å². The first kappa shape index (κ1) is 18.3. The minimum absolute atomic E-state index is 0.120. The molecule has 0 amide bonds. The molecule has 5 nitrogen and oxygen atoms in total. The van der Waals surface area contributed by atoms with Gasteiger partial charge in [0.2, 0.25) is 0 Å². The summed E-state index contributed by atoms with van der Waals surface area (Å²) in [6.07, 6.45) is 1.24. The van der Waals surface area contributed by atoms with Gasteiger partial charge in [0.1, 0.15) is 6.29 Å². The van der Waals surface area contributed by atoms with E-state index in [1.807, 2.05) is 0 Å². The lowest BCUT2D eigenvalue weighted by molar-refractivity contribution is 0.0970. The highest BCUT2D eigenvalue weighted by atomic mass is 16.1. The van der Waals surface area contributed by atoms with Gasteiger partial charge in [0.25, 0.3) is 0 Å². The maximum Gasteiger partial charge on any atom is 0.194 e. The van der Waals surface area contributed by atoms with Crippen molar-refractivity contribution in [2.24, 2.45) is 0 Å². The number of carbonyl (C=O) groups is 5. The molecular formula is C28H14O5. The molecule has 2 atom stereocenters. The second kappa shape index (κ2) is 5.95. The molecule has 3 aromatic carbocycles. The van der Waals surface area contributed by atoms with Crippen LogP contribution in [-0.4, -0.2) is 29.4 Å². The largest absolute Gasteiger partial charge is 0.298 e. The Morgan fingerprint density at radius 1 is 0.576 bits per heavy atom. The molecule has 0 N–H and O–H groups in total. The quantitative estimate of drug-likeness (QED) is 0.422. The summed E-state index contributed by atoms with van der Waals surface area (Å²) in [5.74, 6) is -1.34. The van der Waals surface area contributed by atoms with E-state index in [9.17, 15) is 24.0 Å². The van der Waals surface area contributed by atoms with Crippen molar-refractivity contribution < 1.29 is 24.0 Å². The molecule has 156 valence electrons. The first-order valence-electron chi connectivity index (χ1n) is 10.8. The molecule has 4 aliphatic carbocycles. The number of allylic oxidation sites excluding steroid dienone is 2. The Labute approximate surface area is 187 Å². The lowest BCUT2D eigenvalue weighted by Crippen LogP contribution is -2.27. The summed E-state index contributed by atoms with van der Waals surface area (Å²) in [4.78, 5) is 64.4.